The van der Waals surface area contributed by atoms with E-state index < -0.39 is 41.0 Å². The minimum Gasteiger partial charge on any atom is -0.494 e. The molecule has 3 saturated heterocycles. The minimum atomic E-state index is -1.20. The van der Waals surface area contributed by atoms with Crippen molar-refractivity contribution in [2.24, 2.45) is 11.8 Å². The summed E-state index contributed by atoms with van der Waals surface area (Å²) in [5.74, 6) is -2.06. The number of carbonyl (C=O) groups excluding carboxylic acids is 3. The van der Waals surface area contributed by atoms with Crippen LogP contribution in [-0.2, 0) is 25.8 Å². The zero-order valence-electron chi connectivity index (χ0n) is 24.7. The highest BCUT2D eigenvalue weighted by Crippen LogP contribution is 2.64. The normalized spacial score (nSPS) is 28.2. The molecule has 1 aromatic heterocycles. The Hall–Kier alpha value is -4.03. The quantitative estimate of drug-likeness (QED) is 0.309. The first-order chi connectivity index (χ1) is 20.8. The van der Waals surface area contributed by atoms with E-state index >= 15 is 0 Å². The number of nitrogens with one attached hydrogen (secondary N) is 2. The number of aliphatic hydroxyl groups excluding tert-OH is 1. The van der Waals surface area contributed by atoms with E-state index in [4.69, 9.17) is 9.47 Å². The number of aromatic nitrogens is 3. The van der Waals surface area contributed by atoms with E-state index in [0.29, 0.717) is 49.2 Å². The number of para-hydroxylation sites is 1. The lowest BCUT2D eigenvalue weighted by Gasteiger charge is -2.37. The molecule has 2 aromatic carbocycles. The number of carbonyl (C=O) groups is 3. The predicted molar refractivity (Wildman–Crippen MR) is 157 cm³/mol. The van der Waals surface area contributed by atoms with Crippen LogP contribution in [-0.4, -0.2) is 79.2 Å². The SMILES string of the molecule is CCOc1ccc(NC(=O)[C@H]2[C@H]3C(=O)N([C@@H](CC)CO)C(C(=O)NCn4nnc5ccccc54)C34CC[C@]2(CC)O4)cc1. The number of amides is 3. The molecule has 1 spiro atoms. The Morgan fingerprint density at radius 3 is 2.58 bits per heavy atom. The van der Waals surface area contributed by atoms with Gasteiger partial charge in [-0.25, -0.2) is 4.68 Å². The van der Waals surface area contributed by atoms with Crippen molar-refractivity contribution < 1.29 is 29.0 Å². The van der Waals surface area contributed by atoms with Gasteiger partial charge in [0, 0.05) is 5.69 Å². The molecule has 3 N–H and O–H groups in total. The Balaban J connectivity index is 1.32. The smallest absolute Gasteiger partial charge is 0.247 e. The fraction of sp³-hybridized carbons (Fsp3) is 0.516. The van der Waals surface area contributed by atoms with Gasteiger partial charge in [0.2, 0.25) is 17.7 Å². The van der Waals surface area contributed by atoms with Crippen LogP contribution in [0.25, 0.3) is 11.0 Å². The number of nitrogens with zero attached hydrogens (tertiary/aromatic N) is 4. The lowest BCUT2D eigenvalue weighted by atomic mass is 9.65. The van der Waals surface area contributed by atoms with E-state index in [1.54, 1.807) is 28.9 Å². The molecule has 3 fully saturated rings. The molecule has 6 rings (SSSR count). The zero-order valence-corrected chi connectivity index (χ0v) is 24.7. The van der Waals surface area contributed by atoms with E-state index in [9.17, 15) is 19.5 Å². The van der Waals surface area contributed by atoms with Crippen molar-refractivity contribution in [3.63, 3.8) is 0 Å². The van der Waals surface area contributed by atoms with Crippen molar-refractivity contribution in [2.45, 2.75) is 76.4 Å². The number of hydrogen-bond donors (Lipinski definition) is 3. The number of hydrogen-bond acceptors (Lipinski definition) is 8. The third kappa shape index (κ3) is 4.54. The average molecular weight is 591 g/mol. The summed E-state index contributed by atoms with van der Waals surface area (Å²) in [6.07, 6.45) is 1.93. The van der Waals surface area contributed by atoms with Crippen LogP contribution in [0.3, 0.4) is 0 Å². The van der Waals surface area contributed by atoms with Crippen molar-refractivity contribution in [3.05, 3.63) is 48.5 Å². The highest BCUT2D eigenvalue weighted by molar-refractivity contribution is 6.02. The molecule has 3 amide bonds. The van der Waals surface area contributed by atoms with Crippen LogP contribution < -0.4 is 15.4 Å². The average Bonchev–Trinajstić information content (AvgIpc) is 3.75. The predicted octanol–water partition coefficient (Wildman–Crippen LogP) is 2.47. The van der Waals surface area contributed by atoms with Gasteiger partial charge in [-0.2, -0.15) is 0 Å². The lowest BCUT2D eigenvalue weighted by Crippen LogP contribution is -2.58. The minimum absolute atomic E-state index is 0.0368. The maximum atomic E-state index is 14.3. The Labute approximate surface area is 249 Å². The summed E-state index contributed by atoms with van der Waals surface area (Å²) in [4.78, 5) is 43.9. The Morgan fingerprint density at radius 2 is 1.88 bits per heavy atom. The van der Waals surface area contributed by atoms with Gasteiger partial charge in [-0.05, 0) is 69.0 Å². The molecule has 12 nitrogen and oxygen atoms in total. The number of aliphatic hydroxyl groups is 1. The molecule has 228 valence electrons. The Bertz CT molecular complexity index is 1520. The first kappa shape index (κ1) is 29.1. The molecule has 0 aliphatic carbocycles. The number of ether oxygens (including phenoxy) is 2. The van der Waals surface area contributed by atoms with Gasteiger partial charge in [0.05, 0.1) is 42.2 Å². The number of benzene rings is 2. The van der Waals surface area contributed by atoms with Gasteiger partial charge in [-0.1, -0.05) is 31.2 Å². The van der Waals surface area contributed by atoms with Gasteiger partial charge in [0.25, 0.3) is 0 Å². The van der Waals surface area contributed by atoms with Crippen LogP contribution in [0.1, 0.15) is 46.5 Å². The Kier molecular flexibility index (Phi) is 7.59. The molecule has 2 unspecified atom stereocenters. The van der Waals surface area contributed by atoms with E-state index in [1.807, 2.05) is 45.0 Å². The molecule has 3 aromatic rings. The molecule has 3 aliphatic rings. The highest BCUT2D eigenvalue weighted by atomic mass is 16.5. The van der Waals surface area contributed by atoms with Gasteiger partial charge in [-0.3, -0.25) is 14.4 Å². The van der Waals surface area contributed by atoms with E-state index in [-0.39, 0.29) is 25.1 Å². The van der Waals surface area contributed by atoms with Crippen molar-refractivity contribution >= 4 is 34.4 Å². The summed E-state index contributed by atoms with van der Waals surface area (Å²) < 4.78 is 13.9. The lowest BCUT2D eigenvalue weighted by molar-refractivity contribution is -0.150. The van der Waals surface area contributed by atoms with Gasteiger partial charge >= 0.3 is 0 Å². The van der Waals surface area contributed by atoms with Gasteiger partial charge in [0.1, 0.15) is 29.6 Å². The van der Waals surface area contributed by atoms with Crippen LogP contribution in [0.4, 0.5) is 5.69 Å². The van der Waals surface area contributed by atoms with E-state index in [2.05, 4.69) is 20.9 Å². The summed E-state index contributed by atoms with van der Waals surface area (Å²) >= 11 is 0. The maximum Gasteiger partial charge on any atom is 0.247 e. The molecule has 43 heavy (non-hydrogen) atoms. The molecule has 6 atom stereocenters. The van der Waals surface area contributed by atoms with Crippen LogP contribution >= 0.6 is 0 Å². The topological polar surface area (TPSA) is 148 Å². The fourth-order valence-corrected chi connectivity index (χ4v) is 7.47. The maximum absolute atomic E-state index is 14.3. The van der Waals surface area contributed by atoms with Crippen LogP contribution in [0.15, 0.2) is 48.5 Å². The fourth-order valence-electron chi connectivity index (χ4n) is 7.47. The van der Waals surface area contributed by atoms with Crippen molar-refractivity contribution in [3.8, 4) is 5.75 Å². The van der Waals surface area contributed by atoms with E-state index in [0.717, 1.165) is 5.52 Å². The van der Waals surface area contributed by atoms with Crippen molar-refractivity contribution in [2.75, 3.05) is 18.5 Å². The third-order valence-corrected chi connectivity index (χ3v) is 9.48. The Morgan fingerprint density at radius 1 is 1.12 bits per heavy atom. The summed E-state index contributed by atoms with van der Waals surface area (Å²) in [7, 11) is 0. The molecule has 2 bridgehead atoms. The third-order valence-electron chi connectivity index (χ3n) is 9.48. The molecule has 12 heteroatoms. The molecule has 3 aliphatic heterocycles. The summed E-state index contributed by atoms with van der Waals surface area (Å²) in [6.45, 7) is 5.96. The molecule has 4 heterocycles. The second kappa shape index (κ2) is 11.2. The molecular weight excluding hydrogens is 552 g/mol. The first-order valence-corrected chi connectivity index (χ1v) is 15.0. The number of rotatable bonds is 11. The van der Waals surface area contributed by atoms with Gasteiger partial charge < -0.3 is 30.1 Å². The van der Waals surface area contributed by atoms with E-state index in [1.165, 1.54) is 4.90 Å². The number of fused-ring (bicyclic) bond motifs is 2. The number of likely N-dealkylation sites (tertiary alicyclic amines) is 1. The number of anilines is 1. The van der Waals surface area contributed by atoms with Gasteiger partial charge in [0.15, 0.2) is 0 Å². The van der Waals surface area contributed by atoms with Crippen molar-refractivity contribution in [1.29, 1.82) is 0 Å². The summed E-state index contributed by atoms with van der Waals surface area (Å²) in [5.41, 5.74) is -0.0543. The molecule has 0 saturated carbocycles. The largest absolute Gasteiger partial charge is 0.494 e. The first-order valence-electron chi connectivity index (χ1n) is 15.0. The van der Waals surface area contributed by atoms with Crippen LogP contribution in [0.5, 0.6) is 5.75 Å². The second-order valence-electron chi connectivity index (χ2n) is 11.5. The van der Waals surface area contributed by atoms with Crippen LogP contribution in [0.2, 0.25) is 0 Å². The zero-order chi connectivity index (χ0) is 30.4. The molecular formula is C31H38N6O6. The summed E-state index contributed by atoms with van der Waals surface area (Å²) in [5, 5.41) is 24.5. The summed E-state index contributed by atoms with van der Waals surface area (Å²) in [6, 6.07) is 12.9. The standard InChI is InChI=1S/C31H38N6O6/c1-4-20(17-38)37-26(28(40)32-18-36-23-10-8-7-9-22(23)34-35-36)31-16-15-30(5-2,43-31)24(25(31)29(37)41)27(39)33-19-11-13-21(14-12-19)42-6-3/h7-14,20,24-26,38H,4-6,15-18H2,1-3H3,(H,32,40)(H,33,39)/t20-,24+,25-,26?,30-,31?/m0/s1. The second-order valence-corrected chi connectivity index (χ2v) is 11.5. The monoisotopic (exact) mass is 590 g/mol. The highest BCUT2D eigenvalue weighted by Gasteiger charge is 2.79. The van der Waals surface area contributed by atoms with Gasteiger partial charge in [-0.15, -0.1) is 5.10 Å². The molecule has 0 radical (unpaired) electrons. The van der Waals surface area contributed by atoms with Crippen molar-refractivity contribution in [1.82, 2.24) is 25.2 Å². The van der Waals surface area contributed by atoms with Crippen LogP contribution in [0, 0.1) is 11.8 Å².